The molecule has 2 saturated heterocycles. The molecule has 0 radical (unpaired) electrons. The van der Waals surface area contributed by atoms with Crippen molar-refractivity contribution in [3.8, 4) is 0 Å². The van der Waals surface area contributed by atoms with Crippen LogP contribution in [0.2, 0.25) is 0 Å². The van der Waals surface area contributed by atoms with Crippen molar-refractivity contribution in [3.05, 3.63) is 0 Å². The van der Waals surface area contributed by atoms with Gasteiger partial charge >= 0.3 is 27.3 Å². The maximum absolute atomic E-state index is 13.3. The van der Waals surface area contributed by atoms with Crippen molar-refractivity contribution < 1.29 is 55.4 Å². The highest BCUT2D eigenvalue weighted by Gasteiger charge is 2.68. The molecule has 2 bridgehead atoms. The molecule has 0 amide bonds. The summed E-state index contributed by atoms with van der Waals surface area (Å²) in [4.78, 5) is 23.0. The van der Waals surface area contributed by atoms with Crippen LogP contribution >= 0.6 is 0 Å². The second-order valence-electron chi connectivity index (χ2n) is 6.83. The van der Waals surface area contributed by atoms with Crippen LogP contribution in [0.4, 0.5) is 8.78 Å². The van der Waals surface area contributed by atoms with Crippen LogP contribution in [0.15, 0.2) is 0 Å². The van der Waals surface area contributed by atoms with Crippen molar-refractivity contribution in [2.75, 3.05) is 0 Å². The molecule has 4 rings (SSSR count). The van der Waals surface area contributed by atoms with Gasteiger partial charge in [0, 0.05) is 18.3 Å². The highest BCUT2D eigenvalue weighted by Crippen LogP contribution is 2.58. The number of aliphatic hydroxyl groups is 1. The third-order valence-corrected chi connectivity index (χ3v) is 6.14. The van der Waals surface area contributed by atoms with Crippen molar-refractivity contribution in [3.63, 3.8) is 0 Å². The summed E-state index contributed by atoms with van der Waals surface area (Å²) in [6, 6.07) is 0. The third-order valence-electron chi connectivity index (χ3n) is 5.33. The number of aliphatic hydroxyl groups excluding tert-OH is 1. The number of ether oxygens (including phenoxy) is 4. The van der Waals surface area contributed by atoms with E-state index in [4.69, 9.17) is 14.0 Å². The zero-order valence-corrected chi connectivity index (χ0v) is 13.7. The van der Waals surface area contributed by atoms with Gasteiger partial charge in [0.05, 0.1) is 0 Å². The van der Waals surface area contributed by atoms with Crippen LogP contribution in [0, 0.1) is 11.8 Å². The quantitative estimate of drug-likeness (QED) is 0.454. The summed E-state index contributed by atoms with van der Waals surface area (Å²) < 4.78 is 76.8. The average molecular weight is 400 g/mol. The molecular formula is C13H14F2O10S. The van der Waals surface area contributed by atoms with Crippen LogP contribution in [0.3, 0.4) is 0 Å². The number of carbonyl (C=O) groups excluding carboxylic acids is 2. The maximum atomic E-state index is 13.3. The van der Waals surface area contributed by atoms with E-state index >= 15 is 0 Å². The number of carbonyl (C=O) groups is 2. The number of halogens is 2. The van der Waals surface area contributed by atoms with E-state index in [1.165, 1.54) is 0 Å². The lowest BCUT2D eigenvalue weighted by atomic mass is 9.91. The molecule has 0 aromatic carbocycles. The lowest BCUT2D eigenvalue weighted by Gasteiger charge is -2.36. The van der Waals surface area contributed by atoms with E-state index in [1.807, 2.05) is 0 Å². The minimum atomic E-state index is -5.94. The normalized spacial score (nSPS) is 44.4. The van der Waals surface area contributed by atoms with Crippen LogP contribution < -0.4 is 0 Å². The van der Waals surface area contributed by atoms with Gasteiger partial charge in [-0.05, 0) is 12.8 Å². The number of hydrogen-bond acceptors (Lipinski definition) is 9. The van der Waals surface area contributed by atoms with E-state index in [2.05, 4.69) is 9.47 Å². The van der Waals surface area contributed by atoms with Crippen molar-refractivity contribution >= 4 is 22.1 Å². The first-order valence-electron chi connectivity index (χ1n) is 7.75. The van der Waals surface area contributed by atoms with Crippen molar-refractivity contribution in [1.82, 2.24) is 0 Å². The molecule has 146 valence electrons. The molecule has 10 nitrogen and oxygen atoms in total. The molecule has 2 aliphatic carbocycles. The fourth-order valence-electron chi connectivity index (χ4n) is 4.18. The monoisotopic (exact) mass is 400 g/mol. The number of rotatable bonds is 3. The second kappa shape index (κ2) is 5.32. The first kappa shape index (κ1) is 18.0. The topological polar surface area (TPSA) is 146 Å². The molecule has 26 heavy (non-hydrogen) atoms. The number of alkyl halides is 2. The van der Waals surface area contributed by atoms with Crippen LogP contribution in [0.1, 0.15) is 19.3 Å². The van der Waals surface area contributed by atoms with Gasteiger partial charge in [0.2, 0.25) is 6.29 Å². The van der Waals surface area contributed by atoms with E-state index in [9.17, 15) is 31.9 Å². The van der Waals surface area contributed by atoms with Crippen LogP contribution in [0.5, 0.6) is 0 Å². The third kappa shape index (κ3) is 2.37. The molecule has 2 N–H and O–H groups in total. The number of fused-ring (bicyclic) bond motifs is 4. The summed E-state index contributed by atoms with van der Waals surface area (Å²) in [6.07, 6.45) is -4.02. The SMILES string of the molecule is O=C1OC(O)C2OC3(CC4CC3CC4OC(=O)C(F)(F)S(=O)(=O)O)OC12. The van der Waals surface area contributed by atoms with Crippen LogP contribution in [-0.2, 0) is 38.7 Å². The highest BCUT2D eigenvalue weighted by atomic mass is 32.2. The summed E-state index contributed by atoms with van der Waals surface area (Å²) in [6.45, 7) is 0. The lowest BCUT2D eigenvalue weighted by molar-refractivity contribution is -0.248. The fourth-order valence-corrected chi connectivity index (χ4v) is 4.44. The minimum absolute atomic E-state index is 0.0442. The molecule has 1 spiro atoms. The first-order valence-corrected chi connectivity index (χ1v) is 9.19. The molecule has 7 unspecified atom stereocenters. The molecule has 0 aromatic rings. The van der Waals surface area contributed by atoms with Gasteiger partial charge in [0.15, 0.2) is 18.0 Å². The minimum Gasteiger partial charge on any atom is -0.457 e. The van der Waals surface area contributed by atoms with Gasteiger partial charge in [-0.25, -0.2) is 9.59 Å². The molecule has 0 aromatic heterocycles. The molecule has 2 heterocycles. The van der Waals surface area contributed by atoms with Crippen molar-refractivity contribution in [1.29, 1.82) is 0 Å². The Kier molecular flexibility index (Phi) is 3.68. The van der Waals surface area contributed by atoms with Gasteiger partial charge in [-0.2, -0.15) is 17.2 Å². The summed E-state index contributed by atoms with van der Waals surface area (Å²) in [5, 5.41) is 4.58. The highest BCUT2D eigenvalue weighted by molar-refractivity contribution is 7.87. The summed E-state index contributed by atoms with van der Waals surface area (Å²) in [5.41, 5.74) is 0. The van der Waals surface area contributed by atoms with Gasteiger partial charge in [-0.1, -0.05) is 0 Å². The average Bonchev–Trinajstić information content (AvgIpc) is 3.23. The predicted octanol–water partition coefficient (Wildman–Crippen LogP) is -0.836. The zero-order valence-electron chi connectivity index (χ0n) is 12.9. The van der Waals surface area contributed by atoms with Gasteiger partial charge < -0.3 is 24.1 Å². The Labute approximate surface area is 145 Å². The Morgan fingerprint density at radius 2 is 2.00 bits per heavy atom. The van der Waals surface area contributed by atoms with E-state index < -0.39 is 69.5 Å². The zero-order chi connectivity index (χ0) is 19.1. The predicted molar refractivity (Wildman–Crippen MR) is 71.8 cm³/mol. The Morgan fingerprint density at radius 3 is 2.54 bits per heavy atom. The standard InChI is InChI=1S/C13H14F2O10S/c14-13(15,26(19,20)21)11(18)22-6-2-5-1-4(6)3-12(5)24-7-8(25-12)10(17)23-9(7)16/h4-9,16H,1-3H2,(H,19,20,21). The summed E-state index contributed by atoms with van der Waals surface area (Å²) in [5.74, 6) is -5.20. The molecular weight excluding hydrogens is 386 g/mol. The van der Waals surface area contributed by atoms with Crippen molar-refractivity contribution in [2.24, 2.45) is 11.8 Å². The maximum Gasteiger partial charge on any atom is 0.465 e. The number of hydrogen-bond donors (Lipinski definition) is 2. The Hall–Kier alpha value is -1.41. The van der Waals surface area contributed by atoms with E-state index in [0.717, 1.165) is 0 Å². The van der Waals surface area contributed by atoms with E-state index in [1.54, 1.807) is 0 Å². The molecule has 4 fully saturated rings. The summed E-state index contributed by atoms with van der Waals surface area (Å²) in [7, 11) is -5.94. The first-order chi connectivity index (χ1) is 11.9. The van der Waals surface area contributed by atoms with Crippen LogP contribution in [-0.4, -0.2) is 65.7 Å². The summed E-state index contributed by atoms with van der Waals surface area (Å²) >= 11 is 0. The molecule has 13 heteroatoms. The van der Waals surface area contributed by atoms with E-state index in [0.29, 0.717) is 6.42 Å². The number of esters is 2. The van der Waals surface area contributed by atoms with Gasteiger partial charge in [-0.3, -0.25) is 4.55 Å². The largest absolute Gasteiger partial charge is 0.465 e. The molecule has 7 atom stereocenters. The van der Waals surface area contributed by atoms with Gasteiger partial charge in [-0.15, -0.1) is 0 Å². The molecule has 4 aliphatic rings. The second-order valence-corrected chi connectivity index (χ2v) is 8.29. The molecule has 2 saturated carbocycles. The van der Waals surface area contributed by atoms with Crippen LogP contribution in [0.25, 0.3) is 0 Å². The smallest absolute Gasteiger partial charge is 0.457 e. The Morgan fingerprint density at radius 1 is 1.31 bits per heavy atom. The molecule has 2 aliphatic heterocycles. The van der Waals surface area contributed by atoms with E-state index in [-0.39, 0.29) is 12.8 Å². The van der Waals surface area contributed by atoms with Crippen molar-refractivity contribution in [2.45, 2.75) is 54.9 Å². The Bertz CT molecular complexity index is 769. The fraction of sp³-hybridized carbons (Fsp3) is 0.846. The Balaban J connectivity index is 1.44. The number of cyclic esters (lactones) is 1. The lowest BCUT2D eigenvalue weighted by Crippen LogP contribution is -2.46. The van der Waals surface area contributed by atoms with Gasteiger partial charge in [0.1, 0.15) is 6.10 Å². The van der Waals surface area contributed by atoms with Gasteiger partial charge in [0.25, 0.3) is 0 Å².